The third kappa shape index (κ3) is 4.86. The molecule has 2 aliphatic heterocycles. The minimum atomic E-state index is -0.327. The first-order chi connectivity index (χ1) is 11.6. The first kappa shape index (κ1) is 20.8. The van der Waals surface area contributed by atoms with E-state index in [4.69, 9.17) is 14.5 Å². The molecule has 1 saturated heterocycles. The average Bonchev–Trinajstić information content (AvgIpc) is 3.01. The van der Waals surface area contributed by atoms with Crippen LogP contribution in [0.5, 0.6) is 0 Å². The summed E-state index contributed by atoms with van der Waals surface area (Å²) in [6.45, 7) is 9.40. The minimum Gasteiger partial charge on any atom is -0.464 e. The Kier molecular flexibility index (Phi) is 9.14. The van der Waals surface area contributed by atoms with Crippen molar-refractivity contribution in [2.75, 3.05) is 26.6 Å². The lowest BCUT2D eigenvalue weighted by molar-refractivity contribution is -0.137. The molecule has 0 saturated carbocycles. The Morgan fingerprint density at radius 1 is 1.54 bits per heavy atom. The van der Waals surface area contributed by atoms with Gasteiger partial charge >= 0.3 is 5.97 Å². The maximum atomic E-state index is 12.2. The van der Waals surface area contributed by atoms with E-state index >= 15 is 0 Å². The van der Waals surface area contributed by atoms with E-state index in [2.05, 4.69) is 6.92 Å². The van der Waals surface area contributed by atoms with E-state index in [9.17, 15) is 4.79 Å². The molecule has 5 nitrogen and oxygen atoms in total. The van der Waals surface area contributed by atoms with Crippen LogP contribution in [0.25, 0.3) is 0 Å². The Bertz CT molecular complexity index is 508. The van der Waals surface area contributed by atoms with Gasteiger partial charge in [-0.1, -0.05) is 19.9 Å². The van der Waals surface area contributed by atoms with Gasteiger partial charge < -0.3 is 14.4 Å². The van der Waals surface area contributed by atoms with E-state index < -0.39 is 0 Å². The molecular weight excluding hydrogens is 324 g/mol. The second-order valence-electron chi connectivity index (χ2n) is 5.29. The normalized spacial score (nSPS) is 25.2. The Labute approximate surface area is 150 Å². The zero-order chi connectivity index (χ0) is 18.1. The van der Waals surface area contributed by atoms with Gasteiger partial charge in [-0.2, -0.15) is 0 Å². The van der Waals surface area contributed by atoms with Crippen molar-refractivity contribution in [3.05, 3.63) is 23.4 Å². The van der Waals surface area contributed by atoms with Gasteiger partial charge in [0.25, 0.3) is 0 Å². The van der Waals surface area contributed by atoms with E-state index in [1.807, 2.05) is 44.1 Å². The number of allylic oxidation sites excluding steroid dienone is 1. The van der Waals surface area contributed by atoms with E-state index in [0.717, 1.165) is 30.9 Å². The number of thioether (sulfide) groups is 1. The number of methoxy groups -OCH3 is 1. The first-order valence-corrected chi connectivity index (χ1v) is 9.85. The summed E-state index contributed by atoms with van der Waals surface area (Å²) in [6.07, 6.45) is 7.86. The quantitative estimate of drug-likeness (QED) is 0.722. The SMILES string of the molecule is C/C=C1/C=C(C(=O)OC)N(C2CCCOC2)/C1=N/C(C)SC.CC. The Morgan fingerprint density at radius 2 is 2.25 bits per heavy atom. The second kappa shape index (κ2) is 10.6. The molecule has 1 fully saturated rings. The predicted molar refractivity (Wildman–Crippen MR) is 101 cm³/mol. The van der Waals surface area contributed by atoms with Crippen molar-refractivity contribution >= 4 is 23.6 Å². The lowest BCUT2D eigenvalue weighted by Gasteiger charge is -2.34. The molecule has 0 aromatic heterocycles. The molecule has 0 bridgehead atoms. The van der Waals surface area contributed by atoms with Crippen LogP contribution < -0.4 is 0 Å². The standard InChI is InChI=1S/C16H24N2O3S.C2H6/c1-5-12-9-14(16(19)20-3)18(13-7-6-8-21-10-13)15(12)17-11(2)22-4;1-2/h5,9,11,13H,6-8,10H2,1-4H3;1-2H3/b12-5-,17-15+;. The summed E-state index contributed by atoms with van der Waals surface area (Å²) in [5.74, 6) is 0.521. The van der Waals surface area contributed by atoms with Crippen LogP contribution in [0, 0.1) is 0 Å². The Morgan fingerprint density at radius 3 is 2.75 bits per heavy atom. The third-order valence-corrected chi connectivity index (χ3v) is 4.68. The van der Waals surface area contributed by atoms with E-state index in [1.165, 1.54) is 7.11 Å². The van der Waals surface area contributed by atoms with Crippen molar-refractivity contribution < 1.29 is 14.3 Å². The fraction of sp³-hybridized carbons (Fsp3) is 0.667. The fourth-order valence-electron chi connectivity index (χ4n) is 2.67. The smallest absolute Gasteiger partial charge is 0.354 e. The number of carbonyl (C=O) groups is 1. The van der Waals surface area contributed by atoms with Crippen molar-refractivity contribution in [2.45, 2.75) is 52.0 Å². The highest BCUT2D eigenvalue weighted by Crippen LogP contribution is 2.30. The molecule has 2 heterocycles. The van der Waals surface area contributed by atoms with Gasteiger partial charge in [-0.3, -0.25) is 4.99 Å². The van der Waals surface area contributed by atoms with Crippen LogP contribution in [-0.2, 0) is 14.3 Å². The number of aliphatic imine (C=N–C) groups is 1. The molecule has 2 rings (SSSR count). The number of rotatable bonds is 4. The molecule has 0 amide bonds. The van der Waals surface area contributed by atoms with Gasteiger partial charge in [-0.05, 0) is 39.0 Å². The monoisotopic (exact) mass is 354 g/mol. The molecule has 0 aliphatic carbocycles. The second-order valence-corrected chi connectivity index (χ2v) is 6.45. The summed E-state index contributed by atoms with van der Waals surface area (Å²) >= 11 is 1.68. The molecule has 0 aromatic rings. The van der Waals surface area contributed by atoms with Crippen LogP contribution in [0.1, 0.15) is 40.5 Å². The van der Waals surface area contributed by atoms with E-state index in [0.29, 0.717) is 12.3 Å². The zero-order valence-electron chi connectivity index (χ0n) is 15.7. The highest BCUT2D eigenvalue weighted by Gasteiger charge is 2.37. The van der Waals surface area contributed by atoms with Crippen LogP contribution in [0.15, 0.2) is 28.4 Å². The maximum absolute atomic E-state index is 12.2. The summed E-state index contributed by atoms with van der Waals surface area (Å²) < 4.78 is 10.6. The van der Waals surface area contributed by atoms with Crippen molar-refractivity contribution in [3.63, 3.8) is 0 Å². The molecule has 136 valence electrons. The fourth-order valence-corrected chi connectivity index (χ4v) is 2.87. The van der Waals surface area contributed by atoms with E-state index in [-0.39, 0.29) is 17.4 Å². The van der Waals surface area contributed by atoms with Crippen LogP contribution in [0.2, 0.25) is 0 Å². The van der Waals surface area contributed by atoms with Crippen LogP contribution in [0.4, 0.5) is 0 Å². The van der Waals surface area contributed by atoms with Crippen LogP contribution >= 0.6 is 11.8 Å². The van der Waals surface area contributed by atoms with Crippen molar-refractivity contribution in [1.29, 1.82) is 0 Å². The van der Waals surface area contributed by atoms with Crippen LogP contribution in [-0.4, -0.2) is 54.7 Å². The van der Waals surface area contributed by atoms with Crippen molar-refractivity contribution in [1.82, 2.24) is 4.90 Å². The van der Waals surface area contributed by atoms with Gasteiger partial charge in [0.05, 0.1) is 25.1 Å². The Balaban J connectivity index is 0.00000139. The molecule has 0 radical (unpaired) electrons. The summed E-state index contributed by atoms with van der Waals surface area (Å²) in [6, 6.07) is 0.129. The average molecular weight is 355 g/mol. The molecule has 2 atom stereocenters. The molecule has 2 unspecified atom stereocenters. The van der Waals surface area contributed by atoms with Gasteiger partial charge in [0.1, 0.15) is 11.5 Å². The number of hydrogen-bond acceptors (Lipinski definition) is 5. The number of amidine groups is 1. The molecule has 0 aromatic carbocycles. The summed E-state index contributed by atoms with van der Waals surface area (Å²) in [5.41, 5.74) is 1.52. The summed E-state index contributed by atoms with van der Waals surface area (Å²) in [7, 11) is 1.41. The molecule has 6 heteroatoms. The largest absolute Gasteiger partial charge is 0.464 e. The number of ether oxygens (including phenoxy) is 2. The third-order valence-electron chi connectivity index (χ3n) is 3.89. The number of nitrogens with zero attached hydrogens (tertiary/aromatic N) is 2. The van der Waals surface area contributed by atoms with Gasteiger partial charge in [-0.25, -0.2) is 4.79 Å². The molecule has 0 N–H and O–H groups in total. The van der Waals surface area contributed by atoms with Crippen molar-refractivity contribution in [2.24, 2.45) is 4.99 Å². The molecular formula is C18H30N2O3S. The van der Waals surface area contributed by atoms with Gasteiger partial charge in [0.2, 0.25) is 0 Å². The number of hydrogen-bond donors (Lipinski definition) is 0. The highest BCUT2D eigenvalue weighted by atomic mass is 32.2. The molecule has 0 spiro atoms. The Hall–Kier alpha value is -1.27. The van der Waals surface area contributed by atoms with Gasteiger partial charge in [0, 0.05) is 12.2 Å². The van der Waals surface area contributed by atoms with E-state index in [1.54, 1.807) is 11.8 Å². The predicted octanol–water partition coefficient (Wildman–Crippen LogP) is 3.62. The topological polar surface area (TPSA) is 51.1 Å². The first-order valence-electron chi connectivity index (χ1n) is 8.56. The number of carbonyl (C=O) groups excluding carboxylic acids is 1. The van der Waals surface area contributed by atoms with Crippen molar-refractivity contribution in [3.8, 4) is 0 Å². The number of esters is 1. The van der Waals surface area contributed by atoms with Crippen LogP contribution in [0.3, 0.4) is 0 Å². The highest BCUT2D eigenvalue weighted by molar-refractivity contribution is 7.99. The molecule has 24 heavy (non-hydrogen) atoms. The minimum absolute atomic E-state index is 0.127. The van der Waals surface area contributed by atoms with Gasteiger partial charge in [0.15, 0.2) is 0 Å². The lowest BCUT2D eigenvalue weighted by atomic mass is 10.1. The molecule has 2 aliphatic rings. The lowest BCUT2D eigenvalue weighted by Crippen LogP contribution is -2.44. The maximum Gasteiger partial charge on any atom is 0.354 e. The van der Waals surface area contributed by atoms with Gasteiger partial charge in [-0.15, -0.1) is 11.8 Å². The summed E-state index contributed by atoms with van der Waals surface area (Å²) in [5, 5.41) is 0.127. The summed E-state index contributed by atoms with van der Waals surface area (Å²) in [4.78, 5) is 19.0. The zero-order valence-corrected chi connectivity index (χ0v) is 16.5.